The molecule has 2 heterocycles. The summed E-state index contributed by atoms with van der Waals surface area (Å²) in [5.41, 5.74) is 2.10. The first-order chi connectivity index (χ1) is 20.8. The van der Waals surface area contributed by atoms with Gasteiger partial charge in [0.05, 0.1) is 17.7 Å². The number of carbonyl (C=O) groups excluding carboxylic acids is 2. The summed E-state index contributed by atoms with van der Waals surface area (Å²) in [7, 11) is -3.53. The third-order valence-electron chi connectivity index (χ3n) is 7.53. The predicted octanol–water partition coefficient (Wildman–Crippen LogP) is 5.22. The molecule has 224 valence electrons. The van der Waals surface area contributed by atoms with Crippen LogP contribution in [0.15, 0.2) is 107 Å². The minimum atomic E-state index is -3.53. The molecular formula is C33H34FN3O5S. The molecule has 3 aromatic carbocycles. The quantitative estimate of drug-likeness (QED) is 0.239. The van der Waals surface area contributed by atoms with Gasteiger partial charge in [-0.15, -0.1) is 0 Å². The number of carbonyl (C=O) groups is 2. The first-order valence-corrected chi connectivity index (χ1v) is 15.7. The molecule has 10 heteroatoms. The third kappa shape index (κ3) is 7.57. The van der Waals surface area contributed by atoms with Gasteiger partial charge in [0.1, 0.15) is 17.6 Å². The molecule has 1 atom stereocenters. The first kappa shape index (κ1) is 30.2. The van der Waals surface area contributed by atoms with Crippen LogP contribution in [0.25, 0.3) is 0 Å². The van der Waals surface area contributed by atoms with Gasteiger partial charge in [-0.25, -0.2) is 12.8 Å². The van der Waals surface area contributed by atoms with Crippen molar-refractivity contribution in [1.82, 2.24) is 14.5 Å². The fourth-order valence-electron chi connectivity index (χ4n) is 5.20. The number of rotatable bonds is 12. The number of nitrogens with one attached hydrogen (secondary N) is 1. The van der Waals surface area contributed by atoms with Gasteiger partial charge in [0, 0.05) is 26.1 Å². The SMILES string of the molecule is O=C(NCc1ccco1)[C@@H](c1ccccc1)N(Cc1ccc(F)cc1)C(=O)CCc1ccc(S(=O)(=O)N2CCCC2)cc1. The van der Waals surface area contributed by atoms with E-state index in [1.807, 2.05) is 6.07 Å². The third-order valence-corrected chi connectivity index (χ3v) is 9.45. The van der Waals surface area contributed by atoms with Crippen LogP contribution in [0.1, 0.15) is 47.8 Å². The van der Waals surface area contributed by atoms with Gasteiger partial charge in [0.15, 0.2) is 0 Å². The van der Waals surface area contributed by atoms with Crippen LogP contribution in [0.4, 0.5) is 4.39 Å². The molecule has 0 aliphatic carbocycles. The normalized spacial score (nSPS) is 14.3. The molecule has 8 nitrogen and oxygen atoms in total. The van der Waals surface area contributed by atoms with E-state index in [-0.39, 0.29) is 36.2 Å². The number of aryl methyl sites for hydroxylation is 1. The minimum absolute atomic E-state index is 0.0776. The lowest BCUT2D eigenvalue weighted by Crippen LogP contribution is -2.43. The van der Waals surface area contributed by atoms with Gasteiger partial charge in [0.2, 0.25) is 21.8 Å². The maximum atomic E-state index is 13.9. The second-order valence-electron chi connectivity index (χ2n) is 10.5. The Morgan fingerprint density at radius 1 is 0.884 bits per heavy atom. The van der Waals surface area contributed by atoms with E-state index in [1.165, 1.54) is 27.6 Å². The topological polar surface area (TPSA) is 99.9 Å². The lowest BCUT2D eigenvalue weighted by molar-refractivity contribution is -0.141. The van der Waals surface area contributed by atoms with E-state index < -0.39 is 21.9 Å². The summed E-state index contributed by atoms with van der Waals surface area (Å²) in [6.45, 7) is 1.29. The number of hydrogen-bond donors (Lipinski definition) is 1. The van der Waals surface area contributed by atoms with Gasteiger partial charge in [0.25, 0.3) is 0 Å². The average Bonchev–Trinajstić information content (AvgIpc) is 3.76. The molecule has 43 heavy (non-hydrogen) atoms. The van der Waals surface area contributed by atoms with Crippen LogP contribution in [-0.2, 0) is 39.1 Å². The van der Waals surface area contributed by atoms with Crippen molar-refractivity contribution in [3.63, 3.8) is 0 Å². The molecule has 0 saturated carbocycles. The maximum absolute atomic E-state index is 13.9. The second kappa shape index (κ2) is 13.8. The predicted molar refractivity (Wildman–Crippen MR) is 159 cm³/mol. The van der Waals surface area contributed by atoms with Crippen molar-refractivity contribution in [1.29, 1.82) is 0 Å². The van der Waals surface area contributed by atoms with E-state index >= 15 is 0 Å². The Bertz CT molecular complexity index is 1600. The zero-order valence-corrected chi connectivity index (χ0v) is 24.5. The number of sulfonamides is 1. The van der Waals surface area contributed by atoms with E-state index in [2.05, 4.69) is 5.32 Å². The summed E-state index contributed by atoms with van der Waals surface area (Å²) in [5, 5.41) is 2.88. The zero-order valence-electron chi connectivity index (χ0n) is 23.7. The number of furan rings is 1. The average molecular weight is 604 g/mol. The summed E-state index contributed by atoms with van der Waals surface area (Å²) in [6.07, 6.45) is 3.67. The highest BCUT2D eigenvalue weighted by Gasteiger charge is 2.32. The zero-order chi connectivity index (χ0) is 30.2. The van der Waals surface area contributed by atoms with Gasteiger partial charge in [-0.3, -0.25) is 9.59 Å². The number of halogens is 1. The first-order valence-electron chi connectivity index (χ1n) is 14.3. The Morgan fingerprint density at radius 2 is 1.56 bits per heavy atom. The Morgan fingerprint density at radius 3 is 2.21 bits per heavy atom. The fourth-order valence-corrected chi connectivity index (χ4v) is 6.72. The van der Waals surface area contributed by atoms with Crippen LogP contribution >= 0.6 is 0 Å². The van der Waals surface area contributed by atoms with Crippen molar-refractivity contribution in [2.45, 2.75) is 49.7 Å². The van der Waals surface area contributed by atoms with Gasteiger partial charge < -0.3 is 14.6 Å². The van der Waals surface area contributed by atoms with Crippen molar-refractivity contribution in [3.8, 4) is 0 Å². The number of hydrogen-bond acceptors (Lipinski definition) is 5. The largest absolute Gasteiger partial charge is 0.467 e. The number of nitrogens with zero attached hydrogens (tertiary/aromatic N) is 2. The van der Waals surface area contributed by atoms with Crippen LogP contribution in [-0.4, -0.2) is 42.5 Å². The van der Waals surface area contributed by atoms with E-state index in [0.717, 1.165) is 18.4 Å². The van der Waals surface area contributed by atoms with Gasteiger partial charge in [-0.2, -0.15) is 4.31 Å². The van der Waals surface area contributed by atoms with Gasteiger partial charge in [-0.05, 0) is 72.4 Å². The minimum Gasteiger partial charge on any atom is -0.467 e. The van der Waals surface area contributed by atoms with Crippen LogP contribution in [0.2, 0.25) is 0 Å². The molecule has 1 aliphatic rings. The molecule has 0 unspecified atom stereocenters. The lowest BCUT2D eigenvalue weighted by atomic mass is 10.0. The van der Waals surface area contributed by atoms with Crippen LogP contribution in [0.5, 0.6) is 0 Å². The smallest absolute Gasteiger partial charge is 0.247 e. The highest BCUT2D eigenvalue weighted by Crippen LogP contribution is 2.26. The molecule has 0 spiro atoms. The second-order valence-corrected chi connectivity index (χ2v) is 12.5. The summed E-state index contributed by atoms with van der Waals surface area (Å²) < 4.78 is 46.3. The lowest BCUT2D eigenvalue weighted by Gasteiger charge is -2.31. The van der Waals surface area contributed by atoms with Crippen molar-refractivity contribution in [2.75, 3.05) is 13.1 Å². The molecule has 0 bridgehead atoms. The van der Waals surface area contributed by atoms with Crippen LogP contribution in [0.3, 0.4) is 0 Å². The Balaban J connectivity index is 1.37. The van der Waals surface area contributed by atoms with E-state index in [9.17, 15) is 22.4 Å². The van der Waals surface area contributed by atoms with Crippen molar-refractivity contribution in [2.24, 2.45) is 0 Å². The molecule has 1 fully saturated rings. The van der Waals surface area contributed by atoms with E-state index in [1.54, 1.807) is 72.8 Å². The molecule has 1 aromatic heterocycles. The highest BCUT2D eigenvalue weighted by atomic mass is 32.2. The van der Waals surface area contributed by atoms with Gasteiger partial charge >= 0.3 is 0 Å². The highest BCUT2D eigenvalue weighted by molar-refractivity contribution is 7.89. The molecule has 4 aromatic rings. The van der Waals surface area contributed by atoms with Crippen LogP contribution < -0.4 is 5.32 Å². The van der Waals surface area contributed by atoms with Crippen molar-refractivity contribution in [3.05, 3.63) is 126 Å². The van der Waals surface area contributed by atoms with Gasteiger partial charge in [-0.1, -0.05) is 54.6 Å². The molecule has 1 aliphatic heterocycles. The summed E-state index contributed by atoms with van der Waals surface area (Å²) >= 11 is 0. The number of amides is 2. The summed E-state index contributed by atoms with van der Waals surface area (Å²) in [4.78, 5) is 29.3. The summed E-state index contributed by atoms with van der Waals surface area (Å²) in [5.74, 6) is -0.478. The monoisotopic (exact) mass is 603 g/mol. The molecular weight excluding hydrogens is 569 g/mol. The molecule has 2 amide bonds. The Hall–Kier alpha value is -4.28. The Labute approximate surface area is 251 Å². The van der Waals surface area contributed by atoms with E-state index in [4.69, 9.17) is 4.42 Å². The maximum Gasteiger partial charge on any atom is 0.247 e. The Kier molecular flexibility index (Phi) is 9.68. The van der Waals surface area contributed by atoms with Crippen molar-refractivity contribution < 1.29 is 26.8 Å². The fraction of sp³-hybridized carbons (Fsp3) is 0.273. The van der Waals surface area contributed by atoms with E-state index in [0.29, 0.717) is 36.4 Å². The molecule has 1 saturated heterocycles. The van der Waals surface area contributed by atoms with Crippen LogP contribution in [0, 0.1) is 5.82 Å². The molecule has 0 radical (unpaired) electrons. The standard InChI is InChI=1S/C33H34FN3O5S/c34-28-15-10-26(11-16-28)24-37(32(27-7-2-1-3-8-27)33(39)35-23-29-9-6-22-42-29)31(38)19-14-25-12-17-30(18-13-25)43(40,41)36-20-4-5-21-36/h1-3,6-13,15-18,22,32H,4-5,14,19-21,23-24H2,(H,35,39)/t32-/m1/s1. The molecule has 5 rings (SSSR count). The van der Waals surface area contributed by atoms with Crippen molar-refractivity contribution >= 4 is 21.8 Å². The summed E-state index contributed by atoms with van der Waals surface area (Å²) in [6, 6.07) is 24.0. The molecule has 1 N–H and O–H groups in total. The number of benzene rings is 3.